The predicted octanol–water partition coefficient (Wildman–Crippen LogP) is 2.12. The van der Waals surface area contributed by atoms with Crippen LogP contribution in [0.15, 0.2) is 16.3 Å². The van der Waals surface area contributed by atoms with Gasteiger partial charge in [-0.15, -0.1) is 11.3 Å². The van der Waals surface area contributed by atoms with E-state index in [-0.39, 0.29) is 0 Å². The van der Waals surface area contributed by atoms with Crippen LogP contribution in [-0.2, 0) is 10.0 Å². The van der Waals surface area contributed by atoms with Crippen molar-refractivity contribution in [2.75, 3.05) is 6.54 Å². The molecule has 0 aliphatic carbocycles. The number of hydrogen-bond acceptors (Lipinski definition) is 4. The molecule has 0 aromatic carbocycles. The maximum atomic E-state index is 12.4. The number of hydrogen-bond donors (Lipinski definition) is 0. The van der Waals surface area contributed by atoms with Crippen molar-refractivity contribution in [3.63, 3.8) is 0 Å². The van der Waals surface area contributed by atoms with Gasteiger partial charge >= 0.3 is 0 Å². The van der Waals surface area contributed by atoms with Gasteiger partial charge in [-0.2, -0.15) is 9.57 Å². The predicted molar refractivity (Wildman–Crippen MR) is 66.2 cm³/mol. The molecule has 1 aliphatic heterocycles. The highest BCUT2D eigenvalue weighted by atomic mass is 32.2. The normalized spacial score (nSPS) is 22.2. The molecule has 2 rings (SSSR count). The fourth-order valence-corrected chi connectivity index (χ4v) is 5.01. The minimum absolute atomic E-state index is 0.345. The molecule has 17 heavy (non-hydrogen) atoms. The minimum Gasteiger partial charge on any atom is -0.206 e. The van der Waals surface area contributed by atoms with E-state index in [9.17, 15) is 8.42 Å². The van der Waals surface area contributed by atoms with Gasteiger partial charge < -0.3 is 0 Å². The Bertz CT molecular complexity index is 542. The van der Waals surface area contributed by atoms with E-state index < -0.39 is 16.1 Å². The highest BCUT2D eigenvalue weighted by molar-refractivity contribution is 7.91. The van der Waals surface area contributed by atoms with Gasteiger partial charge in [-0.1, -0.05) is 0 Å². The summed E-state index contributed by atoms with van der Waals surface area (Å²) in [6, 6.07) is 5.00. The van der Waals surface area contributed by atoms with Gasteiger partial charge in [-0.05, 0) is 38.3 Å². The molecule has 6 heteroatoms. The summed E-state index contributed by atoms with van der Waals surface area (Å²) in [4.78, 5) is 0.967. The summed E-state index contributed by atoms with van der Waals surface area (Å²) in [5.74, 6) is 0. The molecule has 1 unspecified atom stereocenters. The van der Waals surface area contributed by atoms with Crippen molar-refractivity contribution >= 4 is 21.4 Å². The zero-order valence-corrected chi connectivity index (χ0v) is 11.2. The van der Waals surface area contributed by atoms with E-state index >= 15 is 0 Å². The van der Waals surface area contributed by atoms with Crippen LogP contribution in [0.1, 0.15) is 24.1 Å². The lowest BCUT2D eigenvalue weighted by Gasteiger charge is -2.29. The number of nitrogens with zero attached hydrogens (tertiary/aromatic N) is 2. The lowest BCUT2D eigenvalue weighted by atomic mass is 10.1. The first kappa shape index (κ1) is 12.6. The molecular weight excluding hydrogens is 256 g/mol. The summed E-state index contributed by atoms with van der Waals surface area (Å²) in [6.45, 7) is 2.33. The number of nitriles is 1. The number of rotatable bonds is 2. The molecule has 0 N–H and O–H groups in total. The smallest absolute Gasteiger partial charge is 0.206 e. The lowest BCUT2D eigenvalue weighted by molar-refractivity contribution is 0.297. The van der Waals surface area contributed by atoms with Crippen LogP contribution in [0.25, 0.3) is 0 Å². The Morgan fingerprint density at radius 3 is 2.82 bits per heavy atom. The first-order chi connectivity index (χ1) is 8.05. The van der Waals surface area contributed by atoms with Gasteiger partial charge in [0, 0.05) is 11.4 Å². The van der Waals surface area contributed by atoms with Crippen LogP contribution in [0, 0.1) is 18.3 Å². The second-order valence-corrected chi connectivity index (χ2v) is 7.53. The van der Waals surface area contributed by atoms with Crippen LogP contribution in [0.3, 0.4) is 0 Å². The molecule has 0 amide bonds. The average molecular weight is 270 g/mol. The Labute approximate surface area is 106 Å². The topological polar surface area (TPSA) is 61.2 Å². The Hall–Kier alpha value is -0.900. The summed E-state index contributed by atoms with van der Waals surface area (Å²) in [7, 11) is -3.47. The molecule has 1 saturated heterocycles. The summed E-state index contributed by atoms with van der Waals surface area (Å²) in [6.07, 6.45) is 2.40. The maximum absolute atomic E-state index is 12.4. The molecule has 0 bridgehead atoms. The molecule has 0 saturated carbocycles. The fourth-order valence-electron chi connectivity index (χ4n) is 1.99. The van der Waals surface area contributed by atoms with Crippen molar-refractivity contribution in [1.29, 1.82) is 5.26 Å². The average Bonchev–Trinajstić information content (AvgIpc) is 2.76. The molecule has 92 valence electrons. The van der Waals surface area contributed by atoms with Gasteiger partial charge in [-0.25, -0.2) is 8.42 Å². The zero-order valence-electron chi connectivity index (χ0n) is 9.59. The molecule has 4 nitrogen and oxygen atoms in total. The highest BCUT2D eigenvalue weighted by Gasteiger charge is 2.34. The molecule has 1 aromatic heterocycles. The van der Waals surface area contributed by atoms with E-state index in [1.165, 1.54) is 15.6 Å². The molecule has 1 fully saturated rings. The van der Waals surface area contributed by atoms with Crippen LogP contribution < -0.4 is 0 Å². The minimum atomic E-state index is -3.47. The Kier molecular flexibility index (Phi) is 3.52. The molecule has 0 radical (unpaired) electrons. The van der Waals surface area contributed by atoms with Gasteiger partial charge in [0.25, 0.3) is 10.0 Å². The SMILES string of the molecule is Cc1ccc(S(=O)(=O)N2CCCCC2C#N)s1. The van der Waals surface area contributed by atoms with E-state index in [0.717, 1.165) is 17.7 Å². The number of thiophene rings is 1. The second-order valence-electron chi connectivity index (χ2n) is 4.12. The maximum Gasteiger partial charge on any atom is 0.253 e. The Morgan fingerprint density at radius 1 is 1.47 bits per heavy atom. The fraction of sp³-hybridized carbons (Fsp3) is 0.545. The number of piperidine rings is 1. The van der Waals surface area contributed by atoms with Crippen LogP contribution >= 0.6 is 11.3 Å². The van der Waals surface area contributed by atoms with E-state index in [4.69, 9.17) is 5.26 Å². The van der Waals surface area contributed by atoms with Crippen molar-refractivity contribution in [2.45, 2.75) is 36.4 Å². The van der Waals surface area contributed by atoms with Crippen LogP contribution in [0.4, 0.5) is 0 Å². The van der Waals surface area contributed by atoms with Crippen molar-refractivity contribution in [1.82, 2.24) is 4.31 Å². The first-order valence-electron chi connectivity index (χ1n) is 5.53. The monoisotopic (exact) mass is 270 g/mol. The molecule has 1 aliphatic rings. The second kappa shape index (κ2) is 4.77. The van der Waals surface area contributed by atoms with E-state index in [1.54, 1.807) is 12.1 Å². The molecule has 1 aromatic rings. The third kappa shape index (κ3) is 2.37. The van der Waals surface area contributed by atoms with Crippen molar-refractivity contribution < 1.29 is 8.42 Å². The van der Waals surface area contributed by atoms with Crippen molar-refractivity contribution in [2.24, 2.45) is 0 Å². The van der Waals surface area contributed by atoms with E-state index in [2.05, 4.69) is 6.07 Å². The van der Waals surface area contributed by atoms with Gasteiger partial charge in [-0.3, -0.25) is 0 Å². The first-order valence-corrected chi connectivity index (χ1v) is 7.79. The van der Waals surface area contributed by atoms with E-state index in [0.29, 0.717) is 17.2 Å². The zero-order chi connectivity index (χ0) is 12.5. The third-order valence-corrected chi connectivity index (χ3v) is 6.26. The number of aryl methyl sites for hydroxylation is 1. The van der Waals surface area contributed by atoms with Crippen LogP contribution in [-0.4, -0.2) is 25.3 Å². The van der Waals surface area contributed by atoms with Crippen molar-refractivity contribution in [3.8, 4) is 6.07 Å². The van der Waals surface area contributed by atoms with Gasteiger partial charge in [0.15, 0.2) is 0 Å². The van der Waals surface area contributed by atoms with Crippen LogP contribution in [0.5, 0.6) is 0 Å². The quantitative estimate of drug-likeness (QED) is 0.827. The summed E-state index contributed by atoms with van der Waals surface area (Å²) in [5.41, 5.74) is 0. The molecule has 2 heterocycles. The molecular formula is C11H14N2O2S2. The Morgan fingerprint density at radius 2 is 2.24 bits per heavy atom. The van der Waals surface area contributed by atoms with Gasteiger partial charge in [0.2, 0.25) is 0 Å². The largest absolute Gasteiger partial charge is 0.253 e. The summed E-state index contributed by atoms with van der Waals surface area (Å²) >= 11 is 1.26. The lowest BCUT2D eigenvalue weighted by Crippen LogP contribution is -2.42. The summed E-state index contributed by atoms with van der Waals surface area (Å²) < 4.78 is 26.4. The van der Waals surface area contributed by atoms with Gasteiger partial charge in [0.1, 0.15) is 10.3 Å². The number of sulfonamides is 1. The third-order valence-electron chi connectivity index (χ3n) is 2.88. The van der Waals surface area contributed by atoms with Gasteiger partial charge in [0.05, 0.1) is 6.07 Å². The highest BCUT2D eigenvalue weighted by Crippen LogP contribution is 2.29. The van der Waals surface area contributed by atoms with Crippen molar-refractivity contribution in [3.05, 3.63) is 17.0 Å². The standard InChI is InChI=1S/C11H14N2O2S2/c1-9-5-6-11(16-9)17(14,15)13-7-3-2-4-10(13)8-12/h5-6,10H,2-4,7H2,1H3. The molecule has 1 atom stereocenters. The Balaban J connectivity index is 2.35. The summed E-state index contributed by atoms with van der Waals surface area (Å²) in [5, 5.41) is 9.02. The molecule has 0 spiro atoms. The van der Waals surface area contributed by atoms with Crippen LogP contribution in [0.2, 0.25) is 0 Å². The van der Waals surface area contributed by atoms with E-state index in [1.807, 2.05) is 6.92 Å².